The molecule has 3 aromatic carbocycles. The average Bonchev–Trinajstić information content (AvgIpc) is 3.32. The number of thioether (sulfide) groups is 2. The largest absolute Gasteiger partial charge is 0.466 e. The van der Waals surface area contributed by atoms with E-state index in [1.165, 1.54) is 37.7 Å². The molecule has 5 rings (SSSR count). The molecule has 36 heavy (non-hydrogen) atoms. The van der Waals surface area contributed by atoms with Crippen LogP contribution in [0.5, 0.6) is 0 Å². The number of anilines is 1. The van der Waals surface area contributed by atoms with Gasteiger partial charge in [0.1, 0.15) is 15.5 Å². The van der Waals surface area contributed by atoms with E-state index in [9.17, 15) is 9.59 Å². The molecule has 1 spiro atoms. The van der Waals surface area contributed by atoms with Crippen LogP contribution in [-0.2, 0) is 19.1 Å². The number of carbonyl (C=O) groups excluding carboxylic acids is 2. The number of rotatable bonds is 5. The Balaban J connectivity index is 1.80. The zero-order valence-electron chi connectivity index (χ0n) is 19.6. The molecular weight excluding hydrogens is 492 g/mol. The molecule has 0 saturated carbocycles. The van der Waals surface area contributed by atoms with Gasteiger partial charge >= 0.3 is 11.9 Å². The maximum atomic E-state index is 13.4. The highest BCUT2D eigenvalue weighted by Gasteiger charge is 2.54. The number of para-hydroxylation sites is 1. The van der Waals surface area contributed by atoms with Crippen LogP contribution in [0.1, 0.15) is 11.1 Å². The molecule has 0 bridgehead atoms. The normalized spacial score (nSPS) is 19.1. The third kappa shape index (κ3) is 4.23. The average molecular weight is 515 g/mol. The molecule has 1 atom stereocenters. The summed E-state index contributed by atoms with van der Waals surface area (Å²) >= 11 is 2.59. The fraction of sp³-hybridized carbons (Fsp3) is 0.107. The second-order valence-corrected chi connectivity index (χ2v) is 10.1. The van der Waals surface area contributed by atoms with Crippen LogP contribution < -0.4 is 5.01 Å². The van der Waals surface area contributed by atoms with Gasteiger partial charge in [0.2, 0.25) is 0 Å². The molecule has 6 nitrogen and oxygen atoms in total. The third-order valence-electron chi connectivity index (χ3n) is 5.72. The van der Waals surface area contributed by atoms with Crippen molar-refractivity contribution in [2.24, 2.45) is 5.10 Å². The van der Waals surface area contributed by atoms with Crippen molar-refractivity contribution in [1.82, 2.24) is 0 Å². The molecule has 1 unspecified atom stereocenters. The molecule has 0 aromatic heterocycles. The number of esters is 2. The summed E-state index contributed by atoms with van der Waals surface area (Å²) in [6.07, 6.45) is 1.99. The van der Waals surface area contributed by atoms with E-state index in [4.69, 9.17) is 14.6 Å². The van der Waals surface area contributed by atoms with Crippen molar-refractivity contribution in [2.75, 3.05) is 19.2 Å². The molecular formula is C28H22N2O4S2. The number of benzene rings is 3. The first-order valence-corrected chi connectivity index (χ1v) is 12.8. The lowest BCUT2D eigenvalue weighted by atomic mass is 10.0. The Morgan fingerprint density at radius 1 is 0.778 bits per heavy atom. The summed E-state index contributed by atoms with van der Waals surface area (Å²) in [7, 11) is 2.62. The second-order valence-electron chi connectivity index (χ2n) is 7.88. The van der Waals surface area contributed by atoms with Crippen LogP contribution in [0.4, 0.5) is 5.69 Å². The number of hydrogen-bond acceptors (Lipinski definition) is 8. The first-order chi connectivity index (χ1) is 17.6. The lowest BCUT2D eigenvalue weighted by molar-refractivity contribution is -0.139. The molecule has 2 aliphatic heterocycles. The summed E-state index contributed by atoms with van der Waals surface area (Å²) in [6.45, 7) is 0. The highest BCUT2D eigenvalue weighted by atomic mass is 32.2. The van der Waals surface area contributed by atoms with E-state index in [0.717, 1.165) is 21.7 Å². The first kappa shape index (κ1) is 24.0. The van der Waals surface area contributed by atoms with Crippen molar-refractivity contribution in [3.8, 4) is 0 Å². The third-order valence-corrected chi connectivity index (χ3v) is 8.19. The van der Waals surface area contributed by atoms with E-state index < -0.39 is 16.8 Å². The van der Waals surface area contributed by atoms with Gasteiger partial charge < -0.3 is 9.47 Å². The maximum absolute atomic E-state index is 13.4. The van der Waals surface area contributed by atoms with Crippen LogP contribution in [0.3, 0.4) is 0 Å². The first-order valence-electron chi connectivity index (χ1n) is 11.1. The molecule has 3 aromatic rings. The fourth-order valence-electron chi connectivity index (χ4n) is 4.06. The van der Waals surface area contributed by atoms with Gasteiger partial charge in [0.25, 0.3) is 0 Å². The number of carbonyl (C=O) groups is 2. The van der Waals surface area contributed by atoms with Crippen LogP contribution in [-0.4, -0.2) is 36.1 Å². The number of hydrogen-bond donors (Lipinski definition) is 0. The topological polar surface area (TPSA) is 68.2 Å². The van der Waals surface area contributed by atoms with Gasteiger partial charge in [-0.1, -0.05) is 102 Å². The highest BCUT2D eigenvalue weighted by molar-refractivity contribution is 8.17. The monoisotopic (exact) mass is 514 g/mol. The highest BCUT2D eigenvalue weighted by Crippen LogP contribution is 2.56. The van der Waals surface area contributed by atoms with E-state index in [0.29, 0.717) is 5.04 Å². The Bertz CT molecular complexity index is 1390. The van der Waals surface area contributed by atoms with E-state index in [1.54, 1.807) is 5.01 Å². The molecule has 8 heteroatoms. The molecule has 0 amide bonds. The van der Waals surface area contributed by atoms with E-state index >= 15 is 0 Å². The van der Waals surface area contributed by atoms with E-state index in [2.05, 4.69) is 0 Å². The van der Waals surface area contributed by atoms with Crippen molar-refractivity contribution in [3.05, 3.63) is 119 Å². The second kappa shape index (κ2) is 10.1. The van der Waals surface area contributed by atoms with Crippen LogP contribution in [0, 0.1) is 0 Å². The number of ether oxygens (including phenoxy) is 2. The lowest BCUT2D eigenvalue weighted by Crippen LogP contribution is -2.45. The Morgan fingerprint density at radius 2 is 1.33 bits per heavy atom. The summed E-state index contributed by atoms with van der Waals surface area (Å²) in [5.74, 6) is -1.23. The van der Waals surface area contributed by atoms with Gasteiger partial charge in [-0.3, -0.25) is 0 Å². The number of hydrazone groups is 1. The van der Waals surface area contributed by atoms with Gasteiger partial charge in [0.15, 0.2) is 4.87 Å². The van der Waals surface area contributed by atoms with Gasteiger partial charge in [-0.2, -0.15) is 5.10 Å². The molecule has 0 radical (unpaired) electrons. The van der Waals surface area contributed by atoms with Crippen LogP contribution in [0.25, 0.3) is 4.91 Å². The van der Waals surface area contributed by atoms with Gasteiger partial charge in [-0.15, -0.1) is 0 Å². The summed E-state index contributed by atoms with van der Waals surface area (Å²) < 4.78 is 10.4. The van der Waals surface area contributed by atoms with Crippen molar-refractivity contribution in [1.29, 1.82) is 0 Å². The van der Waals surface area contributed by atoms with Gasteiger partial charge in [-0.25, -0.2) is 14.6 Å². The molecule has 0 N–H and O–H groups in total. The molecule has 2 heterocycles. The minimum atomic E-state index is -1.19. The summed E-state index contributed by atoms with van der Waals surface area (Å²) in [5.41, 5.74) is 2.74. The number of methoxy groups -OCH3 is 2. The molecule has 180 valence electrons. The van der Waals surface area contributed by atoms with Crippen molar-refractivity contribution >= 4 is 51.1 Å². The van der Waals surface area contributed by atoms with Crippen LogP contribution >= 0.6 is 23.5 Å². The summed E-state index contributed by atoms with van der Waals surface area (Å²) in [6, 6.07) is 29.1. The van der Waals surface area contributed by atoms with Crippen LogP contribution in [0.2, 0.25) is 0 Å². The predicted molar refractivity (Wildman–Crippen MR) is 145 cm³/mol. The van der Waals surface area contributed by atoms with Gasteiger partial charge in [0, 0.05) is 10.5 Å². The quantitative estimate of drug-likeness (QED) is 0.406. The molecule has 0 aliphatic carbocycles. The Hall–Kier alpha value is -3.75. The van der Waals surface area contributed by atoms with Gasteiger partial charge in [-0.05, 0) is 23.8 Å². The molecule has 0 saturated heterocycles. The maximum Gasteiger partial charge on any atom is 0.345 e. The zero-order chi connectivity index (χ0) is 25.1. The minimum Gasteiger partial charge on any atom is -0.466 e. The lowest BCUT2D eigenvalue weighted by Gasteiger charge is -2.38. The Kier molecular flexibility index (Phi) is 6.71. The SMILES string of the molecule is COC(=O)C1=C(C(=O)OC)C2(C=C(c3ccccc3)S1)SC(c1ccccc1)=NN2c1ccccc1. The smallest absolute Gasteiger partial charge is 0.345 e. The predicted octanol–water partition coefficient (Wildman–Crippen LogP) is 5.69. The molecule has 0 fully saturated rings. The van der Waals surface area contributed by atoms with Gasteiger partial charge in [0.05, 0.1) is 19.9 Å². The standard InChI is InChI=1S/C28H22N2O4S2/c1-33-26(31)23-24(27(32)34-2)35-22(19-12-6-3-7-13-19)18-28(23)30(21-16-10-5-11-17-21)29-25(36-28)20-14-8-4-9-15-20/h3-18H,1-2H3. The Morgan fingerprint density at radius 3 is 1.92 bits per heavy atom. The van der Waals surface area contributed by atoms with Crippen molar-refractivity contribution in [2.45, 2.75) is 4.87 Å². The van der Waals surface area contributed by atoms with Crippen molar-refractivity contribution in [3.63, 3.8) is 0 Å². The fourth-order valence-corrected chi connectivity index (χ4v) is 6.78. The van der Waals surface area contributed by atoms with Crippen molar-refractivity contribution < 1.29 is 19.1 Å². The summed E-state index contributed by atoms with van der Waals surface area (Å²) in [4.78, 5) is 26.3. The van der Waals surface area contributed by atoms with E-state index in [-0.39, 0.29) is 10.5 Å². The molecule has 2 aliphatic rings. The Labute approximate surface area is 217 Å². The summed E-state index contributed by atoms with van der Waals surface area (Å²) in [5, 5.41) is 7.48. The zero-order valence-corrected chi connectivity index (χ0v) is 21.2. The number of nitrogens with zero attached hydrogens (tertiary/aromatic N) is 2. The van der Waals surface area contributed by atoms with Crippen LogP contribution in [0.15, 0.2) is 113 Å². The van der Waals surface area contributed by atoms with E-state index in [1.807, 2.05) is 97.1 Å². The minimum absolute atomic E-state index is 0.170.